The van der Waals surface area contributed by atoms with Gasteiger partial charge in [0.05, 0.1) is 12.0 Å². The van der Waals surface area contributed by atoms with Crippen molar-refractivity contribution in [1.82, 2.24) is 19.8 Å². The van der Waals surface area contributed by atoms with Crippen molar-refractivity contribution < 1.29 is 4.79 Å². The first-order valence-electron chi connectivity index (χ1n) is 6.70. The van der Waals surface area contributed by atoms with Gasteiger partial charge in [0.25, 0.3) is 5.56 Å². The Bertz CT molecular complexity index is 562. The largest absolute Gasteiger partial charge is 0.341 e. The van der Waals surface area contributed by atoms with E-state index in [4.69, 9.17) is 0 Å². The first-order chi connectivity index (χ1) is 9.16. The van der Waals surface area contributed by atoms with Crippen LogP contribution in [-0.2, 0) is 24.3 Å². The summed E-state index contributed by atoms with van der Waals surface area (Å²) in [5.74, 6) is -0.0136. The van der Waals surface area contributed by atoms with Crippen LogP contribution in [0.5, 0.6) is 0 Å². The molecule has 0 saturated heterocycles. The van der Waals surface area contributed by atoms with Crippen LogP contribution in [0.25, 0.3) is 0 Å². The molecule has 6 nitrogen and oxygen atoms in total. The molecule has 102 valence electrons. The fraction of sp³-hybridized carbons (Fsp3) is 0.615. The minimum absolute atomic E-state index is 0.0136. The summed E-state index contributed by atoms with van der Waals surface area (Å²) in [6.07, 6.45) is 4.33. The SMILES string of the molecule is CN(C(=O)Cn1cnc2c(c1=O)CCNC2)C1CC1. The van der Waals surface area contributed by atoms with E-state index in [-0.39, 0.29) is 18.0 Å². The second kappa shape index (κ2) is 4.77. The van der Waals surface area contributed by atoms with E-state index in [0.29, 0.717) is 19.0 Å². The second-order valence-electron chi connectivity index (χ2n) is 5.27. The van der Waals surface area contributed by atoms with Crippen molar-refractivity contribution in [2.45, 2.75) is 38.4 Å². The molecule has 1 amide bonds. The molecular formula is C13H18N4O2. The fourth-order valence-electron chi connectivity index (χ4n) is 2.43. The lowest BCUT2D eigenvalue weighted by atomic mass is 10.1. The van der Waals surface area contributed by atoms with Gasteiger partial charge in [0.15, 0.2) is 0 Å². The number of hydrogen-bond donors (Lipinski definition) is 1. The fourth-order valence-corrected chi connectivity index (χ4v) is 2.43. The third kappa shape index (κ3) is 2.40. The van der Waals surface area contributed by atoms with E-state index in [2.05, 4.69) is 10.3 Å². The summed E-state index contributed by atoms with van der Waals surface area (Å²) in [4.78, 5) is 30.3. The molecule has 19 heavy (non-hydrogen) atoms. The van der Waals surface area contributed by atoms with E-state index < -0.39 is 0 Å². The molecule has 0 bridgehead atoms. The molecule has 1 aliphatic heterocycles. The maximum absolute atomic E-state index is 12.3. The van der Waals surface area contributed by atoms with Crippen LogP contribution in [0.2, 0.25) is 0 Å². The Balaban J connectivity index is 1.81. The molecule has 0 spiro atoms. The highest BCUT2D eigenvalue weighted by atomic mass is 16.2. The zero-order valence-corrected chi connectivity index (χ0v) is 11.1. The van der Waals surface area contributed by atoms with Crippen LogP contribution < -0.4 is 10.9 Å². The lowest BCUT2D eigenvalue weighted by Crippen LogP contribution is -2.38. The molecule has 1 aromatic rings. The van der Waals surface area contributed by atoms with E-state index >= 15 is 0 Å². The normalized spacial score (nSPS) is 17.9. The highest BCUT2D eigenvalue weighted by Gasteiger charge is 2.29. The number of carbonyl (C=O) groups is 1. The minimum Gasteiger partial charge on any atom is -0.341 e. The van der Waals surface area contributed by atoms with Gasteiger partial charge in [-0.3, -0.25) is 14.2 Å². The lowest BCUT2D eigenvalue weighted by molar-refractivity contribution is -0.131. The molecule has 3 rings (SSSR count). The maximum atomic E-state index is 12.3. The summed E-state index contributed by atoms with van der Waals surface area (Å²) in [7, 11) is 1.81. The van der Waals surface area contributed by atoms with Crippen LogP contribution in [0, 0.1) is 0 Å². The van der Waals surface area contributed by atoms with Crippen molar-refractivity contribution in [1.29, 1.82) is 0 Å². The Labute approximate surface area is 111 Å². The lowest BCUT2D eigenvalue weighted by Gasteiger charge is -2.19. The van der Waals surface area contributed by atoms with Gasteiger partial charge in [-0.1, -0.05) is 0 Å². The number of nitrogens with zero attached hydrogens (tertiary/aromatic N) is 3. The van der Waals surface area contributed by atoms with Crippen LogP contribution in [-0.4, -0.2) is 40.0 Å². The average molecular weight is 262 g/mol. The van der Waals surface area contributed by atoms with E-state index in [1.165, 1.54) is 10.9 Å². The Morgan fingerprint density at radius 1 is 1.58 bits per heavy atom. The topological polar surface area (TPSA) is 67.2 Å². The van der Waals surface area contributed by atoms with Crippen LogP contribution >= 0.6 is 0 Å². The molecule has 1 fully saturated rings. The van der Waals surface area contributed by atoms with E-state index in [0.717, 1.165) is 30.6 Å². The van der Waals surface area contributed by atoms with E-state index in [9.17, 15) is 9.59 Å². The number of carbonyl (C=O) groups excluding carboxylic acids is 1. The van der Waals surface area contributed by atoms with Crippen LogP contribution in [0.15, 0.2) is 11.1 Å². The third-order valence-electron chi connectivity index (χ3n) is 3.86. The molecule has 6 heteroatoms. The van der Waals surface area contributed by atoms with Gasteiger partial charge < -0.3 is 10.2 Å². The predicted octanol–water partition coefficient (Wildman–Crippen LogP) is -0.490. The Morgan fingerprint density at radius 2 is 2.37 bits per heavy atom. The highest BCUT2D eigenvalue weighted by Crippen LogP contribution is 2.25. The maximum Gasteiger partial charge on any atom is 0.257 e. The Kier molecular flexibility index (Phi) is 3.10. The van der Waals surface area contributed by atoms with Gasteiger partial charge in [-0.15, -0.1) is 0 Å². The molecule has 0 unspecified atom stereocenters. The molecule has 2 aliphatic rings. The number of likely N-dealkylation sites (N-methyl/N-ethyl adjacent to an activating group) is 1. The Hall–Kier alpha value is -1.69. The molecular weight excluding hydrogens is 244 g/mol. The van der Waals surface area contributed by atoms with Crippen LogP contribution in [0.3, 0.4) is 0 Å². The quantitative estimate of drug-likeness (QED) is 0.798. The van der Waals surface area contributed by atoms with Crippen molar-refractivity contribution in [3.05, 3.63) is 27.9 Å². The van der Waals surface area contributed by atoms with Gasteiger partial charge in [0.2, 0.25) is 5.91 Å². The molecule has 1 saturated carbocycles. The monoisotopic (exact) mass is 262 g/mol. The van der Waals surface area contributed by atoms with Gasteiger partial charge in [0, 0.05) is 25.2 Å². The highest BCUT2D eigenvalue weighted by molar-refractivity contribution is 5.76. The second-order valence-corrected chi connectivity index (χ2v) is 5.27. The molecule has 1 N–H and O–H groups in total. The number of nitrogens with one attached hydrogen (secondary N) is 1. The summed E-state index contributed by atoms with van der Waals surface area (Å²) in [5, 5.41) is 3.18. The summed E-state index contributed by atoms with van der Waals surface area (Å²) in [5.41, 5.74) is 1.50. The number of hydrogen-bond acceptors (Lipinski definition) is 4. The molecule has 0 radical (unpaired) electrons. The zero-order chi connectivity index (χ0) is 13.4. The Morgan fingerprint density at radius 3 is 3.11 bits per heavy atom. The number of aromatic nitrogens is 2. The average Bonchev–Trinajstić information content (AvgIpc) is 3.26. The number of rotatable bonds is 3. The minimum atomic E-state index is -0.0657. The predicted molar refractivity (Wildman–Crippen MR) is 69.7 cm³/mol. The molecule has 0 aromatic carbocycles. The van der Waals surface area contributed by atoms with Gasteiger partial charge in [-0.05, 0) is 25.8 Å². The molecule has 0 atom stereocenters. The third-order valence-corrected chi connectivity index (χ3v) is 3.86. The van der Waals surface area contributed by atoms with Crippen molar-refractivity contribution in [2.75, 3.05) is 13.6 Å². The summed E-state index contributed by atoms with van der Waals surface area (Å²) < 4.78 is 1.44. The summed E-state index contributed by atoms with van der Waals surface area (Å²) in [6.45, 7) is 1.53. The standard InChI is InChI=1S/C13H18N4O2/c1-16(9-2-3-9)12(18)7-17-8-15-11-6-14-5-4-10(11)13(17)19/h8-9,14H,2-7H2,1H3. The van der Waals surface area contributed by atoms with Crippen LogP contribution in [0.1, 0.15) is 24.1 Å². The summed E-state index contributed by atoms with van der Waals surface area (Å²) >= 11 is 0. The van der Waals surface area contributed by atoms with E-state index in [1.54, 1.807) is 11.9 Å². The van der Waals surface area contributed by atoms with Gasteiger partial charge in [-0.25, -0.2) is 4.98 Å². The molecule has 1 aromatic heterocycles. The van der Waals surface area contributed by atoms with Gasteiger partial charge in [0.1, 0.15) is 6.54 Å². The number of fused-ring (bicyclic) bond motifs is 1. The summed E-state index contributed by atoms with van der Waals surface area (Å²) in [6, 6.07) is 0.373. The van der Waals surface area contributed by atoms with Gasteiger partial charge in [-0.2, -0.15) is 0 Å². The van der Waals surface area contributed by atoms with Crippen LogP contribution in [0.4, 0.5) is 0 Å². The zero-order valence-electron chi connectivity index (χ0n) is 11.1. The number of amides is 1. The van der Waals surface area contributed by atoms with Crippen molar-refractivity contribution in [3.63, 3.8) is 0 Å². The molecule has 1 aliphatic carbocycles. The van der Waals surface area contributed by atoms with Gasteiger partial charge >= 0.3 is 0 Å². The van der Waals surface area contributed by atoms with Crippen molar-refractivity contribution in [2.24, 2.45) is 0 Å². The molecule has 2 heterocycles. The van der Waals surface area contributed by atoms with E-state index in [1.807, 2.05) is 0 Å². The van der Waals surface area contributed by atoms with Crippen molar-refractivity contribution in [3.8, 4) is 0 Å². The first kappa shape index (κ1) is 12.3. The van der Waals surface area contributed by atoms with Crippen molar-refractivity contribution >= 4 is 5.91 Å². The first-order valence-corrected chi connectivity index (χ1v) is 6.70. The smallest absolute Gasteiger partial charge is 0.257 e.